The molecule has 122 valence electrons. The smallest absolute Gasteiger partial charge is 0.249 e. The molecular formula is C17H24N6. The normalized spacial score (nSPS) is 14.1. The Morgan fingerprint density at radius 1 is 1.09 bits per heavy atom. The summed E-state index contributed by atoms with van der Waals surface area (Å²) in [5.74, 6) is 1.38. The van der Waals surface area contributed by atoms with Crippen molar-refractivity contribution in [1.82, 2.24) is 15.2 Å². The quantitative estimate of drug-likeness (QED) is 0.884. The van der Waals surface area contributed by atoms with Gasteiger partial charge in [0.05, 0.1) is 6.20 Å². The molecule has 0 amide bonds. The molecule has 0 radical (unpaired) electrons. The van der Waals surface area contributed by atoms with E-state index in [4.69, 9.17) is 0 Å². The van der Waals surface area contributed by atoms with Crippen LogP contribution in [0, 0.1) is 0 Å². The molecule has 0 unspecified atom stereocenters. The van der Waals surface area contributed by atoms with Crippen LogP contribution in [0.25, 0.3) is 0 Å². The molecule has 0 bridgehead atoms. The van der Waals surface area contributed by atoms with Crippen LogP contribution in [0.2, 0.25) is 0 Å². The summed E-state index contributed by atoms with van der Waals surface area (Å²) in [5, 5.41) is 11.4. The number of aromatic nitrogens is 3. The first-order valence-electron chi connectivity index (χ1n) is 8.37. The van der Waals surface area contributed by atoms with Gasteiger partial charge in [-0.05, 0) is 51.0 Å². The van der Waals surface area contributed by atoms with E-state index in [0.29, 0.717) is 5.95 Å². The molecule has 1 saturated heterocycles. The summed E-state index contributed by atoms with van der Waals surface area (Å²) >= 11 is 0. The van der Waals surface area contributed by atoms with Gasteiger partial charge in [-0.2, -0.15) is 10.1 Å². The molecule has 1 aromatic carbocycles. The second-order valence-corrected chi connectivity index (χ2v) is 5.68. The van der Waals surface area contributed by atoms with Crippen LogP contribution in [0.4, 0.5) is 23.1 Å². The SMILES string of the molecule is CCN(CC)c1cnnc(Nc2ccc(N3CCCC3)cc2)n1. The molecule has 1 aliphatic heterocycles. The molecule has 0 aliphatic carbocycles. The van der Waals surface area contributed by atoms with Crippen molar-refractivity contribution in [2.24, 2.45) is 0 Å². The van der Waals surface area contributed by atoms with Crippen molar-refractivity contribution in [2.45, 2.75) is 26.7 Å². The van der Waals surface area contributed by atoms with Crippen LogP contribution in [0.3, 0.4) is 0 Å². The predicted molar refractivity (Wildman–Crippen MR) is 94.6 cm³/mol. The van der Waals surface area contributed by atoms with Crippen molar-refractivity contribution >= 4 is 23.1 Å². The van der Waals surface area contributed by atoms with Crippen molar-refractivity contribution in [3.05, 3.63) is 30.5 Å². The average molecular weight is 312 g/mol. The molecule has 6 nitrogen and oxygen atoms in total. The Morgan fingerprint density at radius 2 is 1.78 bits per heavy atom. The Kier molecular flexibility index (Phi) is 4.90. The Bertz CT molecular complexity index is 617. The average Bonchev–Trinajstić information content (AvgIpc) is 3.12. The van der Waals surface area contributed by atoms with E-state index in [1.807, 2.05) is 0 Å². The summed E-state index contributed by atoms with van der Waals surface area (Å²) in [6, 6.07) is 8.44. The highest BCUT2D eigenvalue weighted by Crippen LogP contribution is 2.23. The van der Waals surface area contributed by atoms with Gasteiger partial charge in [0.25, 0.3) is 0 Å². The molecule has 2 aromatic rings. The van der Waals surface area contributed by atoms with Gasteiger partial charge in [0.2, 0.25) is 5.95 Å². The van der Waals surface area contributed by atoms with Crippen molar-refractivity contribution in [2.75, 3.05) is 41.3 Å². The number of anilines is 4. The number of rotatable bonds is 6. The Morgan fingerprint density at radius 3 is 2.43 bits per heavy atom. The lowest BCUT2D eigenvalue weighted by Crippen LogP contribution is -2.23. The topological polar surface area (TPSA) is 57.2 Å². The largest absolute Gasteiger partial charge is 0.372 e. The van der Waals surface area contributed by atoms with Crippen LogP contribution in [0.1, 0.15) is 26.7 Å². The molecule has 1 aliphatic rings. The Balaban J connectivity index is 1.70. The predicted octanol–water partition coefficient (Wildman–Crippen LogP) is 3.06. The second-order valence-electron chi connectivity index (χ2n) is 5.68. The molecule has 0 spiro atoms. The minimum Gasteiger partial charge on any atom is -0.372 e. The number of nitrogens with zero attached hydrogens (tertiary/aromatic N) is 5. The van der Waals surface area contributed by atoms with Gasteiger partial charge in [-0.25, -0.2) is 0 Å². The lowest BCUT2D eigenvalue weighted by Gasteiger charge is -2.19. The van der Waals surface area contributed by atoms with Gasteiger partial charge in [0, 0.05) is 37.6 Å². The fourth-order valence-electron chi connectivity index (χ4n) is 2.91. The van der Waals surface area contributed by atoms with E-state index in [9.17, 15) is 0 Å². The monoisotopic (exact) mass is 312 g/mol. The van der Waals surface area contributed by atoms with Crippen LogP contribution in [-0.2, 0) is 0 Å². The Hall–Kier alpha value is -2.37. The second kappa shape index (κ2) is 7.26. The first-order chi connectivity index (χ1) is 11.3. The highest BCUT2D eigenvalue weighted by atomic mass is 15.3. The molecule has 1 N–H and O–H groups in total. The minimum atomic E-state index is 0.531. The lowest BCUT2D eigenvalue weighted by atomic mass is 10.2. The van der Waals surface area contributed by atoms with Gasteiger partial charge in [-0.1, -0.05) is 0 Å². The summed E-state index contributed by atoms with van der Waals surface area (Å²) in [7, 11) is 0. The first-order valence-corrected chi connectivity index (χ1v) is 8.37. The van der Waals surface area contributed by atoms with Crippen LogP contribution in [-0.4, -0.2) is 41.4 Å². The van der Waals surface area contributed by atoms with Crippen molar-refractivity contribution in [1.29, 1.82) is 0 Å². The summed E-state index contributed by atoms with van der Waals surface area (Å²) in [6.07, 6.45) is 4.28. The van der Waals surface area contributed by atoms with E-state index >= 15 is 0 Å². The Labute approximate surface area is 137 Å². The summed E-state index contributed by atoms with van der Waals surface area (Å²) in [4.78, 5) is 9.11. The summed E-state index contributed by atoms with van der Waals surface area (Å²) < 4.78 is 0. The van der Waals surface area contributed by atoms with Gasteiger partial charge in [0.15, 0.2) is 5.82 Å². The van der Waals surface area contributed by atoms with Crippen molar-refractivity contribution < 1.29 is 0 Å². The number of hydrogen-bond acceptors (Lipinski definition) is 6. The van der Waals surface area contributed by atoms with E-state index < -0.39 is 0 Å². The highest BCUT2D eigenvalue weighted by Gasteiger charge is 2.12. The molecule has 0 atom stereocenters. The first kappa shape index (κ1) is 15.5. The molecule has 0 saturated carbocycles. The van der Waals surface area contributed by atoms with E-state index in [1.54, 1.807) is 6.20 Å². The van der Waals surface area contributed by atoms with E-state index in [1.165, 1.54) is 18.5 Å². The molecule has 1 fully saturated rings. The number of nitrogens with one attached hydrogen (secondary N) is 1. The van der Waals surface area contributed by atoms with Crippen molar-refractivity contribution in [3.8, 4) is 0 Å². The van der Waals surface area contributed by atoms with E-state index in [0.717, 1.165) is 37.7 Å². The van der Waals surface area contributed by atoms with Gasteiger partial charge >= 0.3 is 0 Å². The third-order valence-corrected chi connectivity index (χ3v) is 4.23. The van der Waals surface area contributed by atoms with Crippen LogP contribution in [0.15, 0.2) is 30.5 Å². The molecule has 23 heavy (non-hydrogen) atoms. The minimum absolute atomic E-state index is 0.531. The van der Waals surface area contributed by atoms with Gasteiger partial charge in [0.1, 0.15) is 0 Å². The fraction of sp³-hybridized carbons (Fsp3) is 0.471. The van der Waals surface area contributed by atoms with Gasteiger partial charge < -0.3 is 15.1 Å². The standard InChI is InChI=1S/C17H24N6/c1-3-22(4-2)16-13-18-21-17(20-16)19-14-7-9-15(10-8-14)23-11-5-6-12-23/h7-10,13H,3-6,11-12H2,1-2H3,(H,19,20,21). The third kappa shape index (κ3) is 3.70. The maximum Gasteiger partial charge on any atom is 0.249 e. The fourth-order valence-corrected chi connectivity index (χ4v) is 2.91. The van der Waals surface area contributed by atoms with E-state index in [-0.39, 0.29) is 0 Å². The van der Waals surface area contributed by atoms with Crippen molar-refractivity contribution in [3.63, 3.8) is 0 Å². The maximum absolute atomic E-state index is 4.54. The van der Waals surface area contributed by atoms with Crippen LogP contribution in [0.5, 0.6) is 0 Å². The zero-order valence-corrected chi connectivity index (χ0v) is 13.9. The zero-order chi connectivity index (χ0) is 16.1. The summed E-state index contributed by atoms with van der Waals surface area (Å²) in [6.45, 7) is 8.33. The maximum atomic E-state index is 4.54. The van der Waals surface area contributed by atoms with Gasteiger partial charge in [-0.3, -0.25) is 0 Å². The molecular weight excluding hydrogens is 288 g/mol. The highest BCUT2D eigenvalue weighted by molar-refractivity contribution is 5.60. The molecule has 2 heterocycles. The molecule has 3 rings (SSSR count). The van der Waals surface area contributed by atoms with Crippen LogP contribution < -0.4 is 15.1 Å². The molecule has 1 aromatic heterocycles. The third-order valence-electron chi connectivity index (χ3n) is 4.23. The van der Waals surface area contributed by atoms with Crippen LogP contribution >= 0.6 is 0 Å². The lowest BCUT2D eigenvalue weighted by molar-refractivity contribution is 0.826. The molecule has 6 heteroatoms. The number of hydrogen-bond donors (Lipinski definition) is 1. The number of benzene rings is 1. The summed E-state index contributed by atoms with van der Waals surface area (Å²) in [5.41, 5.74) is 2.26. The van der Waals surface area contributed by atoms with E-state index in [2.05, 4.69) is 68.4 Å². The van der Waals surface area contributed by atoms with Gasteiger partial charge in [-0.15, -0.1) is 5.10 Å². The zero-order valence-electron chi connectivity index (χ0n) is 13.9.